The number of carbonyl (C=O) groups excluding carboxylic acids is 1. The Labute approximate surface area is 125 Å². The minimum atomic E-state index is -2.56. The van der Waals surface area contributed by atoms with E-state index in [-0.39, 0.29) is 17.2 Å². The Hall–Kier alpha value is -1.82. The van der Waals surface area contributed by atoms with Crippen LogP contribution in [0.3, 0.4) is 0 Å². The summed E-state index contributed by atoms with van der Waals surface area (Å²) in [5.74, 6) is -0.972. The van der Waals surface area contributed by atoms with Gasteiger partial charge >= 0.3 is 12.0 Å². The molecule has 0 amide bonds. The molecule has 8 heteroatoms. The molecule has 0 fully saturated rings. The SMILES string of the molecule is CC(C)(C)C([N+]#N)C(=O)Oc1cc(CN)ccc1S(=O)[O-]. The van der Waals surface area contributed by atoms with E-state index in [0.717, 1.165) is 0 Å². The number of rotatable bonds is 4. The van der Waals surface area contributed by atoms with Crippen molar-refractivity contribution in [2.24, 2.45) is 11.1 Å². The lowest BCUT2D eigenvalue weighted by Crippen LogP contribution is -2.35. The highest BCUT2D eigenvalue weighted by Crippen LogP contribution is 2.27. The molecule has 0 aliphatic heterocycles. The molecule has 0 heterocycles. The lowest BCUT2D eigenvalue weighted by Gasteiger charge is -2.16. The van der Waals surface area contributed by atoms with Gasteiger partial charge in [-0.15, -0.1) is 0 Å². The number of ether oxygens (including phenoxy) is 1. The van der Waals surface area contributed by atoms with Gasteiger partial charge in [0.25, 0.3) is 0 Å². The van der Waals surface area contributed by atoms with Crippen LogP contribution in [0.5, 0.6) is 5.75 Å². The Morgan fingerprint density at radius 3 is 2.57 bits per heavy atom. The molecule has 7 nitrogen and oxygen atoms in total. The summed E-state index contributed by atoms with van der Waals surface area (Å²) in [7, 11) is 0. The summed E-state index contributed by atoms with van der Waals surface area (Å²) < 4.78 is 27.4. The lowest BCUT2D eigenvalue weighted by molar-refractivity contribution is -0.137. The molecular formula is C13H17N3O4S. The zero-order chi connectivity index (χ0) is 16.2. The molecule has 1 rings (SSSR count). The van der Waals surface area contributed by atoms with Crippen LogP contribution < -0.4 is 10.5 Å². The van der Waals surface area contributed by atoms with E-state index in [1.165, 1.54) is 18.2 Å². The normalized spacial score (nSPS) is 14.1. The van der Waals surface area contributed by atoms with E-state index in [4.69, 9.17) is 15.9 Å². The van der Waals surface area contributed by atoms with Crippen LogP contribution in [0.2, 0.25) is 0 Å². The molecule has 0 saturated heterocycles. The molecule has 0 aromatic heterocycles. The van der Waals surface area contributed by atoms with Gasteiger partial charge in [-0.05, 0) is 28.8 Å². The monoisotopic (exact) mass is 311 g/mol. The van der Waals surface area contributed by atoms with Crippen LogP contribution in [0.15, 0.2) is 23.1 Å². The summed E-state index contributed by atoms with van der Waals surface area (Å²) in [4.78, 5) is 14.9. The number of esters is 1. The predicted molar refractivity (Wildman–Crippen MR) is 75.5 cm³/mol. The van der Waals surface area contributed by atoms with Crippen LogP contribution in [0, 0.1) is 10.8 Å². The maximum Gasteiger partial charge on any atom is 0.413 e. The number of hydrogen-bond acceptors (Lipinski definition) is 6. The molecule has 2 unspecified atom stereocenters. The Kier molecular flexibility index (Phi) is 5.54. The van der Waals surface area contributed by atoms with Crippen molar-refractivity contribution in [1.29, 1.82) is 5.39 Å². The van der Waals surface area contributed by atoms with Crippen molar-refractivity contribution in [2.75, 3.05) is 0 Å². The quantitative estimate of drug-likeness (QED) is 0.390. The van der Waals surface area contributed by atoms with E-state index in [0.29, 0.717) is 5.56 Å². The van der Waals surface area contributed by atoms with E-state index in [2.05, 4.69) is 4.98 Å². The Bertz CT molecular complexity index is 604. The number of hydrogen-bond donors (Lipinski definition) is 1. The fourth-order valence-electron chi connectivity index (χ4n) is 1.63. The molecule has 114 valence electrons. The van der Waals surface area contributed by atoms with Gasteiger partial charge in [-0.1, -0.05) is 26.8 Å². The first-order valence-corrected chi connectivity index (χ1v) is 7.26. The van der Waals surface area contributed by atoms with Crippen molar-refractivity contribution >= 4 is 17.0 Å². The highest BCUT2D eigenvalue weighted by atomic mass is 32.2. The summed E-state index contributed by atoms with van der Waals surface area (Å²) in [6.07, 6.45) is 0. The average Bonchev–Trinajstić information content (AvgIpc) is 2.37. The van der Waals surface area contributed by atoms with Gasteiger partial charge in [0.15, 0.2) is 0 Å². The molecule has 1 aromatic rings. The molecule has 2 atom stereocenters. The summed E-state index contributed by atoms with van der Waals surface area (Å²) in [5.41, 5.74) is 5.42. The van der Waals surface area contributed by atoms with E-state index < -0.39 is 28.5 Å². The highest BCUT2D eigenvalue weighted by molar-refractivity contribution is 7.79. The van der Waals surface area contributed by atoms with Crippen LogP contribution in [-0.4, -0.2) is 20.8 Å². The number of nitrogens with two attached hydrogens (primary N) is 1. The van der Waals surface area contributed by atoms with Gasteiger partial charge < -0.3 is 15.0 Å². The van der Waals surface area contributed by atoms with Gasteiger partial charge in [0.1, 0.15) is 10.7 Å². The third-order valence-corrected chi connectivity index (χ3v) is 3.49. The Morgan fingerprint density at radius 2 is 2.14 bits per heavy atom. The Balaban J connectivity index is 3.14. The summed E-state index contributed by atoms with van der Waals surface area (Å²) in [6, 6.07) is 3.07. The minimum Gasteiger partial charge on any atom is -0.768 e. The summed E-state index contributed by atoms with van der Waals surface area (Å²) >= 11 is -2.56. The molecule has 0 aliphatic carbocycles. The predicted octanol–water partition coefficient (Wildman–Crippen LogP) is 1.56. The van der Waals surface area contributed by atoms with Crippen molar-refractivity contribution in [3.05, 3.63) is 28.7 Å². The number of diazo groups is 1. The fraction of sp³-hybridized carbons (Fsp3) is 0.462. The van der Waals surface area contributed by atoms with Crippen LogP contribution in [0.1, 0.15) is 26.3 Å². The zero-order valence-electron chi connectivity index (χ0n) is 12.0. The second-order valence-corrected chi connectivity index (χ2v) is 6.43. The molecule has 1 aromatic carbocycles. The third-order valence-electron chi connectivity index (χ3n) is 2.79. The second-order valence-electron chi connectivity index (χ2n) is 5.53. The summed E-state index contributed by atoms with van der Waals surface area (Å²) in [6.45, 7) is 5.26. The van der Waals surface area contributed by atoms with E-state index in [9.17, 15) is 13.6 Å². The van der Waals surface area contributed by atoms with Gasteiger partial charge in [0.05, 0.1) is 10.3 Å². The number of benzene rings is 1. The lowest BCUT2D eigenvalue weighted by atomic mass is 9.87. The second kappa shape index (κ2) is 6.76. The largest absolute Gasteiger partial charge is 0.768 e. The zero-order valence-corrected chi connectivity index (χ0v) is 12.8. The molecule has 0 spiro atoms. The van der Waals surface area contributed by atoms with Crippen molar-refractivity contribution in [3.63, 3.8) is 0 Å². The fourth-order valence-corrected chi connectivity index (χ4v) is 2.08. The highest BCUT2D eigenvalue weighted by Gasteiger charge is 2.45. The molecule has 0 radical (unpaired) electrons. The molecular weight excluding hydrogens is 294 g/mol. The van der Waals surface area contributed by atoms with Gasteiger partial charge in [-0.3, -0.25) is 4.21 Å². The first-order chi connectivity index (χ1) is 9.70. The number of nitrogens with zero attached hydrogens (tertiary/aromatic N) is 2. The maximum atomic E-state index is 12.1. The van der Waals surface area contributed by atoms with Crippen LogP contribution in [0.4, 0.5) is 0 Å². The van der Waals surface area contributed by atoms with E-state index in [1.807, 2.05) is 0 Å². The van der Waals surface area contributed by atoms with Gasteiger partial charge in [0, 0.05) is 6.54 Å². The molecule has 0 bridgehead atoms. The van der Waals surface area contributed by atoms with Gasteiger partial charge in [0.2, 0.25) is 5.39 Å². The van der Waals surface area contributed by atoms with Crippen molar-refractivity contribution in [1.82, 2.24) is 0 Å². The standard InChI is InChI=1S/C13H17N3O4S/c1-13(2,3)11(16-15)12(17)20-9-6-8(7-14)4-5-10(9)21(18)19/h4-6,11H,7,14H2,1-3H3. The molecule has 2 N–H and O–H groups in total. The summed E-state index contributed by atoms with van der Waals surface area (Å²) in [5, 5.41) is 8.97. The first-order valence-electron chi connectivity index (χ1n) is 6.19. The van der Waals surface area contributed by atoms with Crippen molar-refractivity contribution < 1.29 is 18.3 Å². The van der Waals surface area contributed by atoms with Crippen LogP contribution in [0.25, 0.3) is 4.98 Å². The Morgan fingerprint density at radius 1 is 1.52 bits per heavy atom. The molecule has 0 aliphatic rings. The van der Waals surface area contributed by atoms with Crippen molar-refractivity contribution in [2.45, 2.75) is 38.3 Å². The average molecular weight is 311 g/mol. The van der Waals surface area contributed by atoms with E-state index >= 15 is 0 Å². The van der Waals surface area contributed by atoms with Gasteiger partial charge in [-0.25, -0.2) is 4.79 Å². The van der Waals surface area contributed by atoms with E-state index in [1.54, 1.807) is 20.8 Å². The minimum absolute atomic E-state index is 0.130. The van der Waals surface area contributed by atoms with Crippen LogP contribution in [-0.2, 0) is 22.4 Å². The van der Waals surface area contributed by atoms with Gasteiger partial charge in [-0.2, -0.15) is 0 Å². The van der Waals surface area contributed by atoms with Crippen LogP contribution >= 0.6 is 0 Å². The smallest absolute Gasteiger partial charge is 0.413 e. The first kappa shape index (κ1) is 17.2. The number of carbonyl (C=O) groups is 1. The molecule has 21 heavy (non-hydrogen) atoms. The van der Waals surface area contributed by atoms with Crippen molar-refractivity contribution in [3.8, 4) is 5.75 Å². The third kappa shape index (κ3) is 4.32. The molecule has 0 saturated carbocycles. The topological polar surface area (TPSA) is 121 Å². The maximum absolute atomic E-state index is 12.1.